The van der Waals surface area contributed by atoms with Crippen molar-refractivity contribution >= 4 is 15.7 Å². The summed E-state index contributed by atoms with van der Waals surface area (Å²) in [5.41, 5.74) is 2.60. The summed E-state index contributed by atoms with van der Waals surface area (Å²) < 4.78 is 36.6. The molecule has 1 saturated carbocycles. The van der Waals surface area contributed by atoms with Crippen molar-refractivity contribution in [2.75, 3.05) is 11.8 Å². The number of aromatic nitrogens is 2. The van der Waals surface area contributed by atoms with Crippen LogP contribution in [0.25, 0.3) is 11.3 Å². The van der Waals surface area contributed by atoms with E-state index >= 15 is 0 Å². The molecule has 0 radical (unpaired) electrons. The molecular formula is C22H25N3O3S. The van der Waals surface area contributed by atoms with Crippen molar-refractivity contribution in [1.82, 2.24) is 9.78 Å². The number of rotatable bonds is 6. The second kappa shape index (κ2) is 7.91. The molecule has 2 aromatic carbocycles. The Balaban J connectivity index is 1.79. The normalized spacial score (nSPS) is 14.8. The van der Waals surface area contributed by atoms with E-state index in [0.29, 0.717) is 17.1 Å². The van der Waals surface area contributed by atoms with Gasteiger partial charge in [0.1, 0.15) is 16.3 Å². The van der Waals surface area contributed by atoms with E-state index in [9.17, 15) is 8.42 Å². The summed E-state index contributed by atoms with van der Waals surface area (Å²) >= 11 is 0. The highest BCUT2D eigenvalue weighted by Crippen LogP contribution is 2.35. The summed E-state index contributed by atoms with van der Waals surface area (Å²) in [4.78, 5) is 0.180. The zero-order valence-corrected chi connectivity index (χ0v) is 17.4. The highest BCUT2D eigenvalue weighted by molar-refractivity contribution is 7.92. The molecule has 1 aliphatic rings. The Morgan fingerprint density at radius 2 is 1.83 bits per heavy atom. The van der Waals surface area contributed by atoms with Gasteiger partial charge in [0.2, 0.25) is 0 Å². The lowest BCUT2D eigenvalue weighted by atomic mass is 10.2. The number of nitrogens with one attached hydrogen (secondary N) is 1. The van der Waals surface area contributed by atoms with Crippen LogP contribution in [0.2, 0.25) is 0 Å². The molecule has 1 fully saturated rings. The van der Waals surface area contributed by atoms with Gasteiger partial charge in [-0.25, -0.2) is 8.42 Å². The molecule has 1 aromatic heterocycles. The molecule has 1 aliphatic carbocycles. The number of sulfonamides is 1. The first kappa shape index (κ1) is 19.5. The lowest BCUT2D eigenvalue weighted by Crippen LogP contribution is -2.14. The van der Waals surface area contributed by atoms with Crippen LogP contribution < -0.4 is 9.46 Å². The predicted octanol–water partition coefficient (Wildman–Crippen LogP) is 4.78. The van der Waals surface area contributed by atoms with Crippen molar-refractivity contribution in [3.8, 4) is 17.0 Å². The first-order valence-electron chi connectivity index (χ1n) is 9.80. The monoisotopic (exact) mass is 411 g/mol. The van der Waals surface area contributed by atoms with E-state index in [1.807, 2.05) is 48.0 Å². The third kappa shape index (κ3) is 4.00. The zero-order valence-electron chi connectivity index (χ0n) is 16.6. The van der Waals surface area contributed by atoms with Gasteiger partial charge in [-0.15, -0.1) is 0 Å². The third-order valence-electron chi connectivity index (χ3n) is 5.33. The van der Waals surface area contributed by atoms with Crippen LogP contribution in [0.1, 0.15) is 37.3 Å². The Morgan fingerprint density at radius 1 is 1.10 bits per heavy atom. The summed E-state index contributed by atoms with van der Waals surface area (Å²) in [7, 11) is -2.34. The summed E-state index contributed by atoms with van der Waals surface area (Å²) in [6.07, 6.45) is 6.00. The van der Waals surface area contributed by atoms with E-state index in [-0.39, 0.29) is 10.9 Å². The molecule has 0 atom stereocenters. The zero-order chi connectivity index (χ0) is 20.4. The minimum Gasteiger partial charge on any atom is -0.495 e. The van der Waals surface area contributed by atoms with E-state index in [1.54, 1.807) is 18.3 Å². The maximum absolute atomic E-state index is 13.4. The molecule has 0 amide bonds. The molecule has 0 spiro atoms. The average molecular weight is 412 g/mol. The van der Waals surface area contributed by atoms with E-state index in [1.165, 1.54) is 7.11 Å². The molecule has 1 N–H and O–H groups in total. The number of hydrogen-bond donors (Lipinski definition) is 1. The molecule has 0 saturated heterocycles. The Labute approximate surface area is 171 Å². The van der Waals surface area contributed by atoms with Crippen LogP contribution in [0.4, 0.5) is 5.69 Å². The van der Waals surface area contributed by atoms with Gasteiger partial charge in [-0.3, -0.25) is 9.40 Å². The van der Waals surface area contributed by atoms with Crippen LogP contribution >= 0.6 is 0 Å². The fourth-order valence-electron chi connectivity index (χ4n) is 3.82. The summed E-state index contributed by atoms with van der Waals surface area (Å²) in [5.74, 6) is 0.476. The number of aryl methyl sites for hydroxylation is 1. The van der Waals surface area contributed by atoms with E-state index in [0.717, 1.165) is 36.8 Å². The van der Waals surface area contributed by atoms with Crippen LogP contribution in [-0.2, 0) is 10.0 Å². The average Bonchev–Trinajstić information content (AvgIpc) is 3.39. The number of ether oxygens (including phenoxy) is 1. The molecule has 29 heavy (non-hydrogen) atoms. The molecule has 152 valence electrons. The first-order chi connectivity index (χ1) is 14.0. The Hall–Kier alpha value is -2.80. The van der Waals surface area contributed by atoms with Crippen molar-refractivity contribution in [2.24, 2.45) is 0 Å². The Morgan fingerprint density at radius 3 is 2.52 bits per heavy atom. The number of methoxy groups -OCH3 is 1. The summed E-state index contributed by atoms with van der Waals surface area (Å²) in [5, 5.41) is 4.70. The second-order valence-electron chi connectivity index (χ2n) is 7.44. The summed E-state index contributed by atoms with van der Waals surface area (Å²) in [6.45, 7) is 1.91. The molecule has 0 unspecified atom stereocenters. The molecular weight excluding hydrogens is 386 g/mol. The highest BCUT2D eigenvalue weighted by atomic mass is 32.2. The highest BCUT2D eigenvalue weighted by Gasteiger charge is 2.28. The van der Waals surface area contributed by atoms with Crippen LogP contribution in [0.15, 0.2) is 59.6 Å². The van der Waals surface area contributed by atoms with Crippen LogP contribution in [0, 0.1) is 6.92 Å². The van der Waals surface area contributed by atoms with Gasteiger partial charge in [0.05, 0.1) is 18.8 Å². The molecule has 4 rings (SSSR count). The largest absolute Gasteiger partial charge is 0.495 e. The van der Waals surface area contributed by atoms with E-state index in [4.69, 9.17) is 9.84 Å². The maximum atomic E-state index is 13.4. The SMILES string of the molecule is COc1ccc(C)cc1NS(=O)(=O)c1cn(C2CCCC2)nc1-c1ccccc1. The fourth-order valence-corrected chi connectivity index (χ4v) is 5.04. The smallest absolute Gasteiger partial charge is 0.265 e. The van der Waals surface area contributed by atoms with Gasteiger partial charge in [-0.05, 0) is 37.5 Å². The third-order valence-corrected chi connectivity index (χ3v) is 6.70. The number of anilines is 1. The summed E-state index contributed by atoms with van der Waals surface area (Å²) in [6, 6.07) is 15.1. The van der Waals surface area contributed by atoms with Gasteiger partial charge in [-0.2, -0.15) is 5.10 Å². The molecule has 0 bridgehead atoms. The van der Waals surface area contributed by atoms with Crippen LogP contribution in [-0.4, -0.2) is 25.3 Å². The molecule has 3 aromatic rings. The van der Waals surface area contributed by atoms with Gasteiger partial charge >= 0.3 is 0 Å². The minimum absolute atomic E-state index is 0.180. The van der Waals surface area contributed by atoms with Gasteiger partial charge in [0, 0.05) is 11.8 Å². The van der Waals surface area contributed by atoms with E-state index in [2.05, 4.69) is 4.72 Å². The fraction of sp³-hybridized carbons (Fsp3) is 0.318. The lowest BCUT2D eigenvalue weighted by Gasteiger charge is -2.12. The Bertz CT molecular complexity index is 1100. The van der Waals surface area contributed by atoms with Crippen molar-refractivity contribution < 1.29 is 13.2 Å². The second-order valence-corrected chi connectivity index (χ2v) is 9.09. The first-order valence-corrected chi connectivity index (χ1v) is 11.3. The van der Waals surface area contributed by atoms with E-state index < -0.39 is 10.0 Å². The Kier molecular flexibility index (Phi) is 5.32. The standard InChI is InChI=1S/C22H25N3O3S/c1-16-12-13-20(28-2)19(14-16)24-29(26,27)21-15-25(18-10-6-7-11-18)23-22(21)17-8-4-3-5-9-17/h3-5,8-9,12-15,18,24H,6-7,10-11H2,1-2H3. The topological polar surface area (TPSA) is 73.2 Å². The quantitative estimate of drug-likeness (QED) is 0.633. The van der Waals surface area contributed by atoms with Gasteiger partial charge in [0.15, 0.2) is 0 Å². The van der Waals surface area contributed by atoms with Crippen LogP contribution in [0.3, 0.4) is 0 Å². The van der Waals surface area contributed by atoms with Crippen LogP contribution in [0.5, 0.6) is 5.75 Å². The lowest BCUT2D eigenvalue weighted by molar-refractivity contribution is 0.417. The molecule has 6 nitrogen and oxygen atoms in total. The maximum Gasteiger partial charge on any atom is 0.265 e. The predicted molar refractivity (Wildman–Crippen MR) is 114 cm³/mol. The molecule has 0 aliphatic heterocycles. The number of benzene rings is 2. The van der Waals surface area contributed by atoms with Crippen molar-refractivity contribution in [1.29, 1.82) is 0 Å². The van der Waals surface area contributed by atoms with Crippen molar-refractivity contribution in [3.63, 3.8) is 0 Å². The van der Waals surface area contributed by atoms with Gasteiger partial charge in [0.25, 0.3) is 10.0 Å². The molecule has 7 heteroatoms. The van der Waals surface area contributed by atoms with Gasteiger partial charge < -0.3 is 4.74 Å². The molecule has 1 heterocycles. The number of hydrogen-bond acceptors (Lipinski definition) is 4. The number of nitrogens with zero attached hydrogens (tertiary/aromatic N) is 2. The van der Waals surface area contributed by atoms with Crippen molar-refractivity contribution in [3.05, 3.63) is 60.3 Å². The minimum atomic E-state index is -3.86. The van der Waals surface area contributed by atoms with Crippen molar-refractivity contribution in [2.45, 2.75) is 43.5 Å². The van der Waals surface area contributed by atoms with Gasteiger partial charge in [-0.1, -0.05) is 49.2 Å².